The van der Waals surface area contributed by atoms with Gasteiger partial charge >= 0.3 is 0 Å². The maximum absolute atomic E-state index is 2.60. The molecule has 1 aliphatic carbocycles. The fourth-order valence-electron chi connectivity index (χ4n) is 9.20. The first-order chi connectivity index (χ1) is 26.3. The number of rotatable bonds is 5. The van der Waals surface area contributed by atoms with Crippen molar-refractivity contribution in [3.63, 3.8) is 0 Å². The maximum Gasteiger partial charge on any atom is 0.0649 e. The summed E-state index contributed by atoms with van der Waals surface area (Å²) >= 11 is 0. The third kappa shape index (κ3) is 5.16. The van der Waals surface area contributed by atoms with Gasteiger partial charge in [-0.3, -0.25) is 0 Å². The van der Waals surface area contributed by atoms with Crippen LogP contribution >= 0.6 is 0 Å². The second-order valence-corrected chi connectivity index (χ2v) is 16.4. The zero-order valence-electron chi connectivity index (χ0n) is 31.5. The van der Waals surface area contributed by atoms with Gasteiger partial charge in [0, 0.05) is 34.2 Å². The first kappa shape index (κ1) is 32.5. The Bertz CT molecular complexity index is 3040. The summed E-state index contributed by atoms with van der Waals surface area (Å²) in [5.41, 5.74) is 7.28. The van der Waals surface area contributed by atoms with E-state index < -0.39 is 0 Å². The highest BCUT2D eigenvalue weighted by molar-refractivity contribution is 6.10. The average molecular weight is 697 g/mol. The molecular weight excluding hydrogens is 653 g/mol. The lowest BCUT2D eigenvalue weighted by Crippen LogP contribution is -2.47. The molecule has 1 atom stereocenters. The number of nitrogens with zero attached hydrogens (tertiary/aromatic N) is 2. The molecule has 262 valence electrons. The van der Waals surface area contributed by atoms with E-state index in [9.17, 15) is 0 Å². The summed E-state index contributed by atoms with van der Waals surface area (Å²) in [6, 6.07) is 58.7. The standard InChI is InChI=1S/C52H44N2/c1-51(2,3)37-24-26-38(27-25-37)54(52(4)31-30-45-43-20-8-7-18-41(43)42-19-9-10-21-44(42)48(45)33-52)39-28-29-47-46-22-11-12-23-49(46)53(50(47)32-39)34-36-16-13-15-35-14-5-6-17-40(35)36/h5-30,32-33H,31,34H2,1-4H3. The first-order valence-corrected chi connectivity index (χ1v) is 19.3. The van der Waals surface area contributed by atoms with Crippen LogP contribution in [0.3, 0.4) is 0 Å². The van der Waals surface area contributed by atoms with Gasteiger partial charge in [0.1, 0.15) is 0 Å². The van der Waals surface area contributed by atoms with Crippen LogP contribution in [0.2, 0.25) is 0 Å². The van der Waals surface area contributed by atoms with E-state index in [1.54, 1.807) is 0 Å². The van der Waals surface area contributed by atoms with Gasteiger partial charge in [-0.25, -0.2) is 0 Å². The van der Waals surface area contributed by atoms with Crippen LogP contribution in [-0.4, -0.2) is 10.1 Å². The van der Waals surface area contributed by atoms with Crippen molar-refractivity contribution in [1.29, 1.82) is 0 Å². The zero-order chi connectivity index (χ0) is 36.6. The van der Waals surface area contributed by atoms with Gasteiger partial charge in [0.25, 0.3) is 0 Å². The van der Waals surface area contributed by atoms with Crippen LogP contribution in [0.4, 0.5) is 11.4 Å². The average Bonchev–Trinajstić information content (AvgIpc) is 3.50. The molecule has 0 fully saturated rings. The van der Waals surface area contributed by atoms with Crippen LogP contribution in [0.5, 0.6) is 0 Å². The molecule has 0 saturated heterocycles. The number of para-hydroxylation sites is 1. The lowest BCUT2D eigenvalue weighted by molar-refractivity contribution is 0.589. The molecule has 1 heterocycles. The first-order valence-electron chi connectivity index (χ1n) is 19.3. The second kappa shape index (κ2) is 12.2. The van der Waals surface area contributed by atoms with E-state index in [-0.39, 0.29) is 11.0 Å². The van der Waals surface area contributed by atoms with Crippen molar-refractivity contribution in [3.05, 3.63) is 179 Å². The fourth-order valence-corrected chi connectivity index (χ4v) is 9.20. The minimum atomic E-state index is -0.346. The molecule has 0 N–H and O–H groups in total. The van der Waals surface area contributed by atoms with Crippen molar-refractivity contribution >= 4 is 77.7 Å². The highest BCUT2D eigenvalue weighted by Gasteiger charge is 2.33. The monoisotopic (exact) mass is 696 g/mol. The van der Waals surface area contributed by atoms with Gasteiger partial charge in [0.05, 0.1) is 11.1 Å². The van der Waals surface area contributed by atoms with Crippen molar-refractivity contribution < 1.29 is 0 Å². The molecule has 1 aliphatic rings. The zero-order valence-corrected chi connectivity index (χ0v) is 31.5. The normalized spacial score (nSPS) is 15.8. The molecule has 1 unspecified atom stereocenters. The van der Waals surface area contributed by atoms with Gasteiger partial charge in [-0.15, -0.1) is 0 Å². The largest absolute Gasteiger partial charge is 0.336 e. The lowest BCUT2D eigenvalue weighted by atomic mass is 9.84. The molecule has 0 radical (unpaired) electrons. The van der Waals surface area contributed by atoms with E-state index in [2.05, 4.69) is 207 Å². The molecule has 0 amide bonds. The molecule has 54 heavy (non-hydrogen) atoms. The van der Waals surface area contributed by atoms with E-state index in [0.717, 1.165) is 13.0 Å². The Morgan fingerprint density at radius 1 is 0.537 bits per heavy atom. The van der Waals surface area contributed by atoms with Gasteiger partial charge in [0.2, 0.25) is 0 Å². The highest BCUT2D eigenvalue weighted by Crippen LogP contribution is 2.42. The van der Waals surface area contributed by atoms with Crippen molar-refractivity contribution in [2.75, 3.05) is 4.90 Å². The fraction of sp³-hybridized carbons (Fsp3) is 0.154. The Morgan fingerprint density at radius 2 is 1.11 bits per heavy atom. The van der Waals surface area contributed by atoms with E-state index in [1.165, 1.54) is 87.1 Å². The van der Waals surface area contributed by atoms with E-state index >= 15 is 0 Å². The quantitative estimate of drug-likeness (QED) is 0.163. The molecule has 2 heteroatoms. The summed E-state index contributed by atoms with van der Waals surface area (Å²) in [5.74, 6) is 0. The molecule has 8 aromatic carbocycles. The Hall–Kier alpha value is -6.12. The van der Waals surface area contributed by atoms with Crippen LogP contribution in [0.1, 0.15) is 45.2 Å². The Kier molecular flexibility index (Phi) is 7.36. The smallest absolute Gasteiger partial charge is 0.0649 e. The number of aromatic nitrogens is 1. The number of fused-ring (bicyclic) bond motifs is 10. The Morgan fingerprint density at radius 3 is 1.83 bits per heavy atom. The van der Waals surface area contributed by atoms with Crippen LogP contribution in [0.15, 0.2) is 158 Å². The number of anilines is 2. The summed E-state index contributed by atoms with van der Waals surface area (Å²) < 4.78 is 2.53. The Balaban J connectivity index is 1.22. The number of hydrogen-bond donors (Lipinski definition) is 0. The summed E-state index contributed by atoms with van der Waals surface area (Å²) in [4.78, 5) is 2.60. The molecule has 10 rings (SSSR count). The Labute approximate surface area is 316 Å². The summed E-state index contributed by atoms with van der Waals surface area (Å²) in [7, 11) is 0. The van der Waals surface area contributed by atoms with Crippen molar-refractivity contribution in [1.82, 2.24) is 4.57 Å². The minimum Gasteiger partial charge on any atom is -0.336 e. The molecule has 9 aromatic rings. The molecular formula is C52H44N2. The van der Waals surface area contributed by atoms with Crippen molar-refractivity contribution in [2.45, 2.75) is 51.6 Å². The van der Waals surface area contributed by atoms with E-state index in [4.69, 9.17) is 0 Å². The van der Waals surface area contributed by atoms with Crippen LogP contribution in [0.25, 0.3) is 66.3 Å². The molecule has 0 saturated carbocycles. The van der Waals surface area contributed by atoms with Gasteiger partial charge in [-0.1, -0.05) is 160 Å². The van der Waals surface area contributed by atoms with Crippen molar-refractivity contribution in [3.8, 4) is 0 Å². The molecule has 1 aromatic heterocycles. The topological polar surface area (TPSA) is 8.17 Å². The summed E-state index contributed by atoms with van der Waals surface area (Å²) in [6.07, 6.45) is 5.93. The summed E-state index contributed by atoms with van der Waals surface area (Å²) in [5, 5.41) is 13.1. The van der Waals surface area contributed by atoms with Crippen LogP contribution in [-0.2, 0) is 12.0 Å². The molecule has 0 aliphatic heterocycles. The third-order valence-corrected chi connectivity index (χ3v) is 11.9. The molecule has 0 spiro atoms. The maximum atomic E-state index is 2.60. The van der Waals surface area contributed by atoms with Crippen LogP contribution in [0, 0.1) is 0 Å². The van der Waals surface area contributed by atoms with Gasteiger partial charge in [-0.2, -0.15) is 0 Å². The van der Waals surface area contributed by atoms with Gasteiger partial charge in [0.15, 0.2) is 0 Å². The predicted molar refractivity (Wildman–Crippen MR) is 232 cm³/mol. The minimum absolute atomic E-state index is 0.0678. The van der Waals surface area contributed by atoms with E-state index in [1.807, 2.05) is 0 Å². The molecule has 0 bridgehead atoms. The lowest BCUT2D eigenvalue weighted by Gasteiger charge is -2.42. The van der Waals surface area contributed by atoms with Gasteiger partial charge in [-0.05, 0) is 103 Å². The van der Waals surface area contributed by atoms with Gasteiger partial charge < -0.3 is 9.47 Å². The SMILES string of the molecule is CC(C)(C)c1ccc(N(c2ccc3c4ccccc4n(Cc4cccc5ccccc45)c3c2)C2(C)C=c3c(c4ccccc4c4ccccc34)=CC2)cc1. The predicted octanol–water partition coefficient (Wildman–Crippen LogP) is 12.2. The van der Waals surface area contributed by atoms with Crippen molar-refractivity contribution in [2.24, 2.45) is 0 Å². The second-order valence-electron chi connectivity index (χ2n) is 16.4. The summed E-state index contributed by atoms with van der Waals surface area (Å²) in [6.45, 7) is 10.1. The van der Waals surface area contributed by atoms with Crippen LogP contribution < -0.4 is 15.3 Å². The third-order valence-electron chi connectivity index (χ3n) is 11.9. The highest BCUT2D eigenvalue weighted by atomic mass is 15.2. The number of hydrogen-bond acceptors (Lipinski definition) is 1. The van der Waals surface area contributed by atoms with E-state index in [0.29, 0.717) is 0 Å². The number of benzene rings is 8. The molecule has 2 nitrogen and oxygen atoms in total.